The first-order chi connectivity index (χ1) is 2.56. The van der Waals surface area contributed by atoms with Gasteiger partial charge in [-0.25, -0.2) is 0 Å². The summed E-state index contributed by atoms with van der Waals surface area (Å²) >= 11 is 0. The Balaban J connectivity index is -0.000000125. The minimum Gasteiger partial charge on any atom is -0.723 e. The summed E-state index contributed by atoms with van der Waals surface area (Å²) in [6.45, 7) is 5.12. The van der Waals surface area contributed by atoms with Gasteiger partial charge in [-0.3, -0.25) is 0 Å². The van der Waals surface area contributed by atoms with Crippen LogP contribution in [0, 0.1) is 7.43 Å². The fraction of sp³-hybridized carbons (Fsp3) is 0.800. The smallest absolute Gasteiger partial charge is 0.723 e. The molecule has 0 radical (unpaired) electrons. The molecule has 0 aliphatic rings. The molecule has 0 aliphatic heterocycles. The number of rotatable bonds is 0. The van der Waals surface area contributed by atoms with Crippen molar-refractivity contribution >= 4 is 0 Å². The maximum absolute atomic E-state index is 9.45. The van der Waals surface area contributed by atoms with Crippen LogP contribution >= 0.6 is 0 Å². The van der Waals surface area contributed by atoms with E-state index in [9.17, 15) is 5.26 Å². The Morgan fingerprint density at radius 1 is 1.25 bits per heavy atom. The molecule has 2 nitrogen and oxygen atoms in total. The van der Waals surface area contributed by atoms with E-state index in [1.807, 2.05) is 0 Å². The van der Waals surface area contributed by atoms with E-state index >= 15 is 0 Å². The molecule has 0 rings (SSSR count). The van der Waals surface area contributed by atoms with Crippen molar-refractivity contribution < 1.29 is 29.6 Å². The summed E-state index contributed by atoms with van der Waals surface area (Å²) in [5.74, 6) is 0. The van der Waals surface area contributed by atoms with Crippen molar-refractivity contribution in [3.63, 3.8) is 0 Å². The molecule has 46 valence electrons. The molecule has 0 aromatic carbocycles. The largest absolute Gasteiger partial charge is 2.00 e. The molecule has 0 spiro atoms. The van der Waals surface area contributed by atoms with E-state index < -0.39 is 5.60 Å². The van der Waals surface area contributed by atoms with Crippen LogP contribution in [0.4, 0.5) is 0 Å². The van der Waals surface area contributed by atoms with Crippen molar-refractivity contribution in [1.82, 2.24) is 0 Å². The van der Waals surface area contributed by atoms with E-state index in [2.05, 4.69) is 4.89 Å². The van der Waals surface area contributed by atoms with Crippen molar-refractivity contribution in [1.29, 1.82) is 0 Å². The van der Waals surface area contributed by atoms with Crippen LogP contribution in [0.3, 0.4) is 0 Å². The van der Waals surface area contributed by atoms with Gasteiger partial charge in [0.2, 0.25) is 0 Å². The first-order valence-corrected chi connectivity index (χ1v) is 1.87. The average Bonchev–Trinajstić information content (AvgIpc) is 1.35. The van der Waals surface area contributed by atoms with Crippen LogP contribution in [0.5, 0.6) is 0 Å². The van der Waals surface area contributed by atoms with E-state index in [0.29, 0.717) is 0 Å². The second-order valence-corrected chi connectivity index (χ2v) is 2.20. The van der Waals surface area contributed by atoms with Crippen LogP contribution < -0.4 is 5.26 Å². The molecule has 0 bridgehead atoms. The molecule has 0 aliphatic carbocycles. The maximum atomic E-state index is 9.45. The zero-order valence-electron chi connectivity index (χ0n) is 6.02. The van der Waals surface area contributed by atoms with Gasteiger partial charge in [0.25, 0.3) is 0 Å². The fourth-order valence-electron chi connectivity index (χ4n) is 0. The van der Waals surface area contributed by atoms with Gasteiger partial charge in [0, 0.05) is 5.60 Å². The van der Waals surface area contributed by atoms with Gasteiger partial charge in [-0.05, 0) is 20.8 Å². The quantitative estimate of drug-likeness (QED) is 0.229. The van der Waals surface area contributed by atoms with Crippen molar-refractivity contribution in [2.24, 2.45) is 0 Å². The van der Waals surface area contributed by atoms with Gasteiger partial charge in [-0.15, -0.1) is 0 Å². The molecular formula is C5H12O2Zn. The molecule has 0 aromatic rings. The number of hydrogen-bond donors (Lipinski definition) is 0. The number of hydrogen-bond acceptors (Lipinski definition) is 2. The fourth-order valence-corrected chi connectivity index (χ4v) is 0. The summed E-state index contributed by atoms with van der Waals surface area (Å²) in [6, 6.07) is 0. The van der Waals surface area contributed by atoms with Crippen LogP contribution in [0.1, 0.15) is 20.8 Å². The molecule has 0 N–H and O–H groups in total. The van der Waals surface area contributed by atoms with Gasteiger partial charge in [-0.2, -0.15) is 0 Å². The predicted molar refractivity (Wildman–Crippen MR) is 27.3 cm³/mol. The minimum absolute atomic E-state index is 0. The van der Waals surface area contributed by atoms with Crippen molar-refractivity contribution in [2.45, 2.75) is 26.4 Å². The molecule has 0 amide bonds. The third kappa shape index (κ3) is 16.0. The minimum atomic E-state index is -0.514. The van der Waals surface area contributed by atoms with Crippen molar-refractivity contribution in [3.05, 3.63) is 7.43 Å². The summed E-state index contributed by atoms with van der Waals surface area (Å²) in [5, 5.41) is 9.45. The van der Waals surface area contributed by atoms with Crippen LogP contribution in [0.25, 0.3) is 0 Å². The van der Waals surface area contributed by atoms with E-state index in [0.717, 1.165) is 0 Å². The van der Waals surface area contributed by atoms with Gasteiger partial charge in [0.1, 0.15) is 0 Å². The second-order valence-electron chi connectivity index (χ2n) is 2.20. The zero-order chi connectivity index (χ0) is 5.21. The van der Waals surface area contributed by atoms with Crippen molar-refractivity contribution in [3.8, 4) is 0 Å². The normalized spacial score (nSPS) is 9.00. The van der Waals surface area contributed by atoms with Gasteiger partial charge >= 0.3 is 19.5 Å². The summed E-state index contributed by atoms with van der Waals surface area (Å²) in [7, 11) is 0. The maximum Gasteiger partial charge on any atom is 2.00 e. The van der Waals surface area contributed by atoms with Crippen LogP contribution in [0.2, 0.25) is 0 Å². The SMILES string of the molecule is CC(C)(C)O[O-].[CH3-].[Zn+2]. The van der Waals surface area contributed by atoms with Gasteiger partial charge in [-0.1, -0.05) is 0 Å². The Kier molecular flexibility index (Phi) is 11.2. The van der Waals surface area contributed by atoms with E-state index in [1.54, 1.807) is 20.8 Å². The van der Waals surface area contributed by atoms with Crippen LogP contribution in [-0.2, 0) is 24.4 Å². The molecule has 0 saturated heterocycles. The first kappa shape index (κ1) is 15.8. The Morgan fingerprint density at radius 3 is 1.38 bits per heavy atom. The molecular weight excluding hydrogens is 157 g/mol. The third-order valence-corrected chi connectivity index (χ3v) is 0.250. The van der Waals surface area contributed by atoms with Gasteiger partial charge in [0.05, 0.1) is 0 Å². The molecule has 0 heterocycles. The summed E-state index contributed by atoms with van der Waals surface area (Å²) in [5.41, 5.74) is -0.514. The predicted octanol–water partition coefficient (Wildman–Crippen LogP) is 0.525. The third-order valence-electron chi connectivity index (χ3n) is 0.250. The molecule has 0 fully saturated rings. The van der Waals surface area contributed by atoms with E-state index in [1.165, 1.54) is 0 Å². The topological polar surface area (TPSA) is 32.3 Å². The Bertz CT molecular complexity index is 40.2. The summed E-state index contributed by atoms with van der Waals surface area (Å²) < 4.78 is 0. The second kappa shape index (κ2) is 5.68. The Labute approximate surface area is 63.9 Å². The monoisotopic (exact) mass is 168 g/mol. The van der Waals surface area contributed by atoms with Crippen LogP contribution in [0.15, 0.2) is 0 Å². The van der Waals surface area contributed by atoms with Gasteiger partial charge < -0.3 is 17.6 Å². The molecule has 0 aromatic heterocycles. The van der Waals surface area contributed by atoms with Crippen LogP contribution in [-0.4, -0.2) is 5.60 Å². The summed E-state index contributed by atoms with van der Waals surface area (Å²) in [4.78, 5) is 3.69. The first-order valence-electron chi connectivity index (χ1n) is 1.87. The zero-order valence-corrected chi connectivity index (χ0v) is 8.99. The van der Waals surface area contributed by atoms with Gasteiger partial charge in [0.15, 0.2) is 0 Å². The molecule has 0 saturated carbocycles. The Morgan fingerprint density at radius 2 is 1.38 bits per heavy atom. The average molecular weight is 170 g/mol. The Hall–Kier alpha value is 0.543. The van der Waals surface area contributed by atoms with E-state index in [-0.39, 0.29) is 26.9 Å². The molecule has 0 unspecified atom stereocenters. The standard InChI is InChI=1S/C4H10O2.CH3.Zn/c1-4(2,3)6-5;;/h5H,1-3H3;1H3;/q;-1;+2/p-1. The molecule has 3 heteroatoms. The van der Waals surface area contributed by atoms with E-state index in [4.69, 9.17) is 0 Å². The molecule has 0 atom stereocenters. The molecule has 8 heavy (non-hydrogen) atoms. The van der Waals surface area contributed by atoms with Crippen molar-refractivity contribution in [2.75, 3.05) is 0 Å². The summed E-state index contributed by atoms with van der Waals surface area (Å²) in [6.07, 6.45) is 0.